The topological polar surface area (TPSA) is 19.6 Å². The number of anilines is 6. The lowest BCUT2D eigenvalue weighted by molar-refractivity contribution is 0.645. The van der Waals surface area contributed by atoms with Crippen molar-refractivity contribution in [2.75, 3.05) is 9.80 Å². The monoisotopic (exact) mass is 920 g/mol. The Morgan fingerprint density at radius 2 is 0.917 bits per heavy atom. The summed E-state index contributed by atoms with van der Waals surface area (Å²) < 4.78 is 6.75. The minimum absolute atomic E-state index is 0.328. The molecule has 340 valence electrons. The van der Waals surface area contributed by atoms with E-state index in [-0.39, 0.29) is 5.41 Å². The quantitative estimate of drug-likeness (QED) is 0.142. The van der Waals surface area contributed by atoms with E-state index in [0.717, 1.165) is 56.1 Å². The number of nitrogens with zero attached hydrogens (tertiary/aromatic N) is 2. The van der Waals surface area contributed by atoms with Crippen molar-refractivity contribution in [3.05, 3.63) is 266 Å². The van der Waals surface area contributed by atoms with Crippen LogP contribution in [0.2, 0.25) is 0 Å². The second kappa shape index (κ2) is 16.5. The van der Waals surface area contributed by atoms with E-state index >= 15 is 0 Å². The van der Waals surface area contributed by atoms with Crippen LogP contribution in [0, 0.1) is 0 Å². The largest absolute Gasteiger partial charge is 0.454 e. The molecule has 3 nitrogen and oxygen atoms in total. The van der Waals surface area contributed by atoms with E-state index in [0.29, 0.717) is 0 Å². The summed E-state index contributed by atoms with van der Waals surface area (Å²) in [6.45, 7) is 4.80. The van der Waals surface area contributed by atoms with E-state index in [1.54, 1.807) is 0 Å². The van der Waals surface area contributed by atoms with Gasteiger partial charge in [0.25, 0.3) is 0 Å². The second-order valence-electron chi connectivity index (χ2n) is 19.7. The summed E-state index contributed by atoms with van der Waals surface area (Å²) in [5, 5.41) is 9.63. The predicted molar refractivity (Wildman–Crippen MR) is 304 cm³/mol. The van der Waals surface area contributed by atoms with Crippen molar-refractivity contribution in [3.8, 4) is 33.4 Å². The lowest BCUT2D eigenvalue weighted by Crippen LogP contribution is -2.24. The average Bonchev–Trinajstić information content (AvgIpc) is 3.83. The Labute approximate surface area is 419 Å². The predicted octanol–water partition coefficient (Wildman–Crippen LogP) is 19.6. The van der Waals surface area contributed by atoms with Gasteiger partial charge in [0.05, 0.1) is 5.69 Å². The van der Waals surface area contributed by atoms with Gasteiger partial charge in [0.15, 0.2) is 5.58 Å². The zero-order chi connectivity index (χ0) is 47.9. The van der Waals surface area contributed by atoms with E-state index in [1.807, 2.05) is 6.07 Å². The fraction of sp³-hybridized carbons (Fsp3) is 0.0435. The van der Waals surface area contributed by atoms with Crippen molar-refractivity contribution < 1.29 is 4.42 Å². The van der Waals surface area contributed by atoms with Crippen LogP contribution < -0.4 is 9.80 Å². The van der Waals surface area contributed by atoms with Crippen molar-refractivity contribution in [1.29, 1.82) is 0 Å². The molecule has 1 aromatic heterocycles. The fourth-order valence-electron chi connectivity index (χ4n) is 11.6. The Bertz CT molecular complexity index is 4190. The van der Waals surface area contributed by atoms with Gasteiger partial charge in [-0.1, -0.05) is 184 Å². The van der Waals surface area contributed by atoms with Gasteiger partial charge in [-0.15, -0.1) is 0 Å². The number of para-hydroxylation sites is 3. The molecule has 0 saturated heterocycles. The van der Waals surface area contributed by atoms with Crippen molar-refractivity contribution in [2.45, 2.75) is 19.3 Å². The number of hydrogen-bond donors (Lipinski definition) is 0. The van der Waals surface area contributed by atoms with Gasteiger partial charge in [0, 0.05) is 44.6 Å². The minimum atomic E-state index is -0.328. The van der Waals surface area contributed by atoms with Crippen molar-refractivity contribution in [2.24, 2.45) is 0 Å². The normalized spacial score (nSPS) is 12.7. The lowest BCUT2D eigenvalue weighted by atomic mass is 9.68. The Balaban J connectivity index is 0.945. The van der Waals surface area contributed by atoms with E-state index in [9.17, 15) is 0 Å². The van der Waals surface area contributed by atoms with Crippen LogP contribution >= 0.6 is 0 Å². The number of furan rings is 1. The minimum Gasteiger partial charge on any atom is -0.454 e. The Hall–Kier alpha value is -9.18. The van der Waals surface area contributed by atoms with Gasteiger partial charge in [0.1, 0.15) is 5.58 Å². The van der Waals surface area contributed by atoms with Gasteiger partial charge in [-0.3, -0.25) is 0 Å². The zero-order valence-corrected chi connectivity index (χ0v) is 40.1. The fourth-order valence-corrected chi connectivity index (χ4v) is 11.6. The van der Waals surface area contributed by atoms with Crippen LogP contribution in [0.25, 0.3) is 87.6 Å². The molecular formula is C69H48N2O. The molecule has 0 bridgehead atoms. The summed E-state index contributed by atoms with van der Waals surface area (Å²) in [6, 6.07) is 93.0. The number of rotatable bonds is 8. The SMILES string of the molecule is CC1(C)c2cc(N(c3ccc4ccccc4c3)c3cccc4c3oc3ccccc34)ccc2-c2cc3ccc(N(c4ccccc4)c4cc(-c5ccccc5)cc(-c5ccccc5)c4)cc3c3cccc1c23. The van der Waals surface area contributed by atoms with Crippen LogP contribution in [-0.4, -0.2) is 0 Å². The molecule has 0 amide bonds. The first kappa shape index (κ1) is 41.8. The molecule has 0 atom stereocenters. The summed E-state index contributed by atoms with van der Waals surface area (Å²) in [5.41, 5.74) is 17.8. The maximum Gasteiger partial charge on any atom is 0.159 e. The molecule has 1 aliphatic rings. The smallest absolute Gasteiger partial charge is 0.159 e. The van der Waals surface area contributed by atoms with E-state index in [1.165, 1.54) is 76.8 Å². The third-order valence-electron chi connectivity index (χ3n) is 15.1. The summed E-state index contributed by atoms with van der Waals surface area (Å²) >= 11 is 0. The Morgan fingerprint density at radius 3 is 1.68 bits per heavy atom. The average molecular weight is 921 g/mol. The molecule has 0 spiro atoms. The molecule has 0 saturated carbocycles. The van der Waals surface area contributed by atoms with Crippen LogP contribution in [0.1, 0.15) is 25.0 Å². The van der Waals surface area contributed by atoms with Gasteiger partial charge in [-0.25, -0.2) is 0 Å². The van der Waals surface area contributed by atoms with Crippen molar-refractivity contribution in [3.63, 3.8) is 0 Å². The lowest BCUT2D eigenvalue weighted by Gasteiger charge is -2.37. The third-order valence-corrected chi connectivity index (χ3v) is 15.1. The van der Waals surface area contributed by atoms with Crippen LogP contribution in [0.4, 0.5) is 34.1 Å². The number of fused-ring (bicyclic) bond motifs is 8. The maximum atomic E-state index is 6.75. The molecular weight excluding hydrogens is 873 g/mol. The standard InChI is InChI=1S/C69H48N2O/c1-69(2)63-29-16-27-59-61-43-54(70(52-24-10-5-11-25-52)56-40-50(45-18-6-3-7-19-45)38-51(41-56)46-20-8-4-9-21-46)35-33-49(61)42-62(67(59)63)57-37-36-55(44-64(57)69)71(53-34-32-47-22-12-13-23-48(47)39-53)65-30-17-28-60-58-26-14-15-31-66(58)72-68(60)65/h3-44H,1-2H3. The molecule has 0 unspecified atom stereocenters. The summed E-state index contributed by atoms with van der Waals surface area (Å²) in [4.78, 5) is 4.81. The molecule has 72 heavy (non-hydrogen) atoms. The number of benzene rings is 12. The first-order valence-electron chi connectivity index (χ1n) is 24.9. The molecule has 1 aliphatic carbocycles. The molecule has 13 aromatic rings. The van der Waals surface area contributed by atoms with Crippen LogP contribution in [0.3, 0.4) is 0 Å². The zero-order valence-electron chi connectivity index (χ0n) is 40.1. The molecule has 14 rings (SSSR count). The van der Waals surface area contributed by atoms with Crippen molar-refractivity contribution >= 4 is 88.4 Å². The Morgan fingerprint density at radius 1 is 0.319 bits per heavy atom. The molecule has 12 aromatic carbocycles. The molecule has 1 heterocycles. The van der Waals surface area contributed by atoms with E-state index in [4.69, 9.17) is 4.42 Å². The molecule has 0 N–H and O–H groups in total. The highest BCUT2D eigenvalue weighted by Gasteiger charge is 2.35. The van der Waals surface area contributed by atoms with Gasteiger partial charge in [-0.2, -0.15) is 0 Å². The van der Waals surface area contributed by atoms with Crippen LogP contribution in [-0.2, 0) is 5.41 Å². The van der Waals surface area contributed by atoms with E-state index < -0.39 is 0 Å². The first-order valence-corrected chi connectivity index (χ1v) is 24.9. The summed E-state index contributed by atoms with van der Waals surface area (Å²) in [5.74, 6) is 0. The Kier molecular flexibility index (Phi) is 9.56. The summed E-state index contributed by atoms with van der Waals surface area (Å²) in [6.07, 6.45) is 0. The first-order chi connectivity index (χ1) is 35.4. The molecule has 0 fully saturated rings. The molecule has 3 heteroatoms. The third kappa shape index (κ3) is 6.73. The van der Waals surface area contributed by atoms with Gasteiger partial charge in [-0.05, 0) is 162 Å². The second-order valence-corrected chi connectivity index (χ2v) is 19.7. The maximum absolute atomic E-state index is 6.75. The molecule has 0 radical (unpaired) electrons. The number of hydrogen-bond acceptors (Lipinski definition) is 3. The van der Waals surface area contributed by atoms with Crippen LogP contribution in [0.5, 0.6) is 0 Å². The highest BCUT2D eigenvalue weighted by Crippen LogP contribution is 2.53. The van der Waals surface area contributed by atoms with Gasteiger partial charge in [0.2, 0.25) is 0 Å². The summed E-state index contributed by atoms with van der Waals surface area (Å²) in [7, 11) is 0. The van der Waals surface area contributed by atoms with Gasteiger partial charge < -0.3 is 14.2 Å². The highest BCUT2D eigenvalue weighted by molar-refractivity contribution is 6.18. The van der Waals surface area contributed by atoms with Crippen LogP contribution in [0.15, 0.2) is 259 Å². The molecule has 0 aliphatic heterocycles. The van der Waals surface area contributed by atoms with Gasteiger partial charge >= 0.3 is 0 Å². The van der Waals surface area contributed by atoms with E-state index in [2.05, 4.69) is 272 Å². The highest BCUT2D eigenvalue weighted by atomic mass is 16.3. The van der Waals surface area contributed by atoms with Crippen molar-refractivity contribution in [1.82, 2.24) is 0 Å².